The highest BCUT2D eigenvalue weighted by Crippen LogP contribution is 2.28. The lowest BCUT2D eigenvalue weighted by molar-refractivity contribution is 0.0925. The molecule has 0 saturated carbocycles. The van der Waals surface area contributed by atoms with Gasteiger partial charge in [-0.25, -0.2) is 8.42 Å². The van der Waals surface area contributed by atoms with Gasteiger partial charge < -0.3 is 9.47 Å². The minimum Gasteiger partial charge on any atom is -0.491 e. The summed E-state index contributed by atoms with van der Waals surface area (Å²) in [7, 11) is 1.69. The first-order valence-corrected chi connectivity index (χ1v) is 9.29. The Morgan fingerprint density at radius 1 is 1.10 bits per heavy atom. The molecule has 21 heavy (non-hydrogen) atoms. The Morgan fingerprint density at radius 3 is 2.14 bits per heavy atom. The number of rotatable bonds is 8. The fraction of sp³-hybridized carbons (Fsp3) is 0.600. The van der Waals surface area contributed by atoms with Crippen LogP contribution >= 0.6 is 10.7 Å². The third-order valence-electron chi connectivity index (χ3n) is 3.01. The van der Waals surface area contributed by atoms with Gasteiger partial charge in [0.05, 0.1) is 11.5 Å². The zero-order valence-corrected chi connectivity index (χ0v) is 14.6. The van der Waals surface area contributed by atoms with E-state index in [4.69, 9.17) is 20.2 Å². The quantitative estimate of drug-likeness (QED) is 0.537. The van der Waals surface area contributed by atoms with Gasteiger partial charge in [0.2, 0.25) is 0 Å². The molecular formula is C15H23ClO4S. The molecular weight excluding hydrogens is 312 g/mol. The molecule has 0 aromatic heterocycles. The predicted molar refractivity (Wildman–Crippen MR) is 84.7 cm³/mol. The Morgan fingerprint density at radius 2 is 1.67 bits per heavy atom. The van der Waals surface area contributed by atoms with Crippen molar-refractivity contribution in [2.24, 2.45) is 5.92 Å². The number of halogens is 1. The fourth-order valence-electron chi connectivity index (χ4n) is 2.02. The van der Waals surface area contributed by atoms with E-state index >= 15 is 0 Å². The minimum atomic E-state index is -3.73. The standard InChI is InChI=1S/C15H23ClO4S/c1-11(2)5-6-19-7-8-20-14-9-12(3)15(13(4)10-14)21(16,17)18/h9-11H,5-8H2,1-4H3. The van der Waals surface area contributed by atoms with Crippen LogP contribution in [0, 0.1) is 19.8 Å². The van der Waals surface area contributed by atoms with Gasteiger partial charge in [-0.3, -0.25) is 0 Å². The van der Waals surface area contributed by atoms with E-state index in [1.807, 2.05) is 0 Å². The molecule has 0 N–H and O–H groups in total. The van der Waals surface area contributed by atoms with Crippen molar-refractivity contribution in [1.82, 2.24) is 0 Å². The second-order valence-electron chi connectivity index (χ2n) is 5.47. The summed E-state index contributed by atoms with van der Waals surface area (Å²) in [6.07, 6.45) is 1.03. The van der Waals surface area contributed by atoms with Crippen LogP contribution in [-0.2, 0) is 13.8 Å². The van der Waals surface area contributed by atoms with Gasteiger partial charge in [-0.05, 0) is 49.4 Å². The topological polar surface area (TPSA) is 52.6 Å². The molecule has 4 nitrogen and oxygen atoms in total. The smallest absolute Gasteiger partial charge is 0.261 e. The summed E-state index contributed by atoms with van der Waals surface area (Å²) in [5.41, 5.74) is 1.17. The van der Waals surface area contributed by atoms with Crippen molar-refractivity contribution in [2.75, 3.05) is 19.8 Å². The Balaban J connectivity index is 2.55. The van der Waals surface area contributed by atoms with Crippen molar-refractivity contribution in [3.8, 4) is 5.75 Å². The Kier molecular flexibility index (Phi) is 6.97. The van der Waals surface area contributed by atoms with Crippen LogP contribution in [0.2, 0.25) is 0 Å². The molecule has 1 rings (SSSR count). The maximum atomic E-state index is 11.5. The molecule has 120 valence electrons. The van der Waals surface area contributed by atoms with E-state index in [9.17, 15) is 8.42 Å². The van der Waals surface area contributed by atoms with E-state index in [0.717, 1.165) is 13.0 Å². The highest BCUT2D eigenvalue weighted by molar-refractivity contribution is 8.13. The number of hydrogen-bond acceptors (Lipinski definition) is 4. The van der Waals surface area contributed by atoms with Crippen LogP contribution < -0.4 is 4.74 Å². The first-order valence-electron chi connectivity index (χ1n) is 6.98. The lowest BCUT2D eigenvalue weighted by Crippen LogP contribution is -2.09. The van der Waals surface area contributed by atoms with Gasteiger partial charge in [-0.15, -0.1) is 0 Å². The summed E-state index contributed by atoms with van der Waals surface area (Å²) in [5.74, 6) is 1.25. The molecule has 0 aliphatic carbocycles. The molecule has 0 aliphatic rings. The molecule has 6 heteroatoms. The summed E-state index contributed by atoms with van der Waals surface area (Å²) in [5, 5.41) is 0. The molecule has 0 unspecified atom stereocenters. The molecule has 0 spiro atoms. The predicted octanol–water partition coefficient (Wildman–Crippen LogP) is 3.67. The summed E-state index contributed by atoms with van der Waals surface area (Å²) >= 11 is 0. The number of ether oxygens (including phenoxy) is 2. The lowest BCUT2D eigenvalue weighted by atomic mass is 10.1. The zero-order valence-electron chi connectivity index (χ0n) is 13.0. The van der Waals surface area contributed by atoms with Gasteiger partial charge in [0.1, 0.15) is 12.4 Å². The van der Waals surface area contributed by atoms with Crippen molar-refractivity contribution in [1.29, 1.82) is 0 Å². The average Bonchev–Trinajstić information content (AvgIpc) is 2.30. The number of hydrogen-bond donors (Lipinski definition) is 0. The van der Waals surface area contributed by atoms with Gasteiger partial charge in [-0.1, -0.05) is 13.8 Å². The summed E-state index contributed by atoms with van der Waals surface area (Å²) < 4.78 is 34.0. The second-order valence-corrected chi connectivity index (χ2v) is 7.97. The largest absolute Gasteiger partial charge is 0.491 e. The third-order valence-corrected chi connectivity index (χ3v) is 4.61. The number of benzene rings is 1. The van der Waals surface area contributed by atoms with Crippen LogP contribution in [-0.4, -0.2) is 28.2 Å². The van der Waals surface area contributed by atoms with Crippen LogP contribution in [0.5, 0.6) is 5.75 Å². The van der Waals surface area contributed by atoms with Crippen LogP contribution in [0.3, 0.4) is 0 Å². The normalized spacial score (nSPS) is 11.9. The van der Waals surface area contributed by atoms with E-state index in [1.165, 1.54) is 0 Å². The molecule has 1 aromatic carbocycles. The fourth-order valence-corrected chi connectivity index (χ4v) is 3.64. The van der Waals surface area contributed by atoms with Crippen molar-refractivity contribution in [3.63, 3.8) is 0 Å². The zero-order chi connectivity index (χ0) is 16.0. The van der Waals surface area contributed by atoms with Crippen LogP contribution in [0.1, 0.15) is 31.4 Å². The van der Waals surface area contributed by atoms with Gasteiger partial charge in [0, 0.05) is 17.3 Å². The molecule has 0 fully saturated rings. The average molecular weight is 335 g/mol. The highest BCUT2D eigenvalue weighted by Gasteiger charge is 2.17. The second kappa shape index (κ2) is 8.01. The first kappa shape index (κ1) is 18.3. The maximum Gasteiger partial charge on any atom is 0.261 e. The first-order chi connectivity index (χ1) is 9.71. The monoisotopic (exact) mass is 334 g/mol. The maximum absolute atomic E-state index is 11.5. The molecule has 0 aliphatic heterocycles. The molecule has 0 bridgehead atoms. The van der Waals surface area contributed by atoms with Gasteiger partial charge >= 0.3 is 0 Å². The van der Waals surface area contributed by atoms with E-state index in [-0.39, 0.29) is 4.90 Å². The van der Waals surface area contributed by atoms with Gasteiger partial charge in [0.25, 0.3) is 9.05 Å². The Labute approximate surface area is 131 Å². The van der Waals surface area contributed by atoms with Crippen molar-refractivity contribution in [2.45, 2.75) is 39.0 Å². The molecule has 0 atom stereocenters. The van der Waals surface area contributed by atoms with Crippen LogP contribution in [0.25, 0.3) is 0 Å². The van der Waals surface area contributed by atoms with E-state index in [0.29, 0.717) is 36.0 Å². The Bertz CT molecular complexity index is 544. The van der Waals surface area contributed by atoms with Gasteiger partial charge in [-0.2, -0.15) is 0 Å². The highest BCUT2D eigenvalue weighted by atomic mass is 35.7. The van der Waals surface area contributed by atoms with E-state index in [1.54, 1.807) is 26.0 Å². The molecule has 0 amide bonds. The lowest BCUT2D eigenvalue weighted by Gasteiger charge is -2.12. The Hall–Kier alpha value is -0.780. The van der Waals surface area contributed by atoms with Crippen LogP contribution in [0.15, 0.2) is 17.0 Å². The van der Waals surface area contributed by atoms with Crippen molar-refractivity contribution in [3.05, 3.63) is 23.3 Å². The summed E-state index contributed by atoms with van der Waals surface area (Å²) in [6, 6.07) is 3.35. The SMILES string of the molecule is Cc1cc(OCCOCCC(C)C)cc(C)c1S(=O)(=O)Cl. The summed E-state index contributed by atoms with van der Waals surface area (Å²) in [4.78, 5) is 0.157. The molecule has 0 heterocycles. The summed E-state index contributed by atoms with van der Waals surface area (Å²) in [6.45, 7) is 9.38. The van der Waals surface area contributed by atoms with Crippen molar-refractivity contribution < 1.29 is 17.9 Å². The van der Waals surface area contributed by atoms with E-state index in [2.05, 4.69) is 13.8 Å². The van der Waals surface area contributed by atoms with Crippen molar-refractivity contribution >= 4 is 19.7 Å². The molecule has 0 radical (unpaired) electrons. The van der Waals surface area contributed by atoms with Gasteiger partial charge in [0.15, 0.2) is 0 Å². The minimum absolute atomic E-state index is 0.157. The number of aryl methyl sites for hydroxylation is 2. The third kappa shape index (κ3) is 6.24. The molecule has 1 aromatic rings. The van der Waals surface area contributed by atoms with E-state index < -0.39 is 9.05 Å². The molecule has 0 saturated heterocycles. The van der Waals surface area contributed by atoms with Crippen LogP contribution in [0.4, 0.5) is 0 Å².